The fraction of sp³-hybridized carbons (Fsp3) is 0.194. The number of nitrogens with zero attached hydrogens (tertiary/aromatic N) is 1. The number of aliphatic hydroxyl groups excluding tert-OH is 1. The molecule has 1 aliphatic rings. The summed E-state index contributed by atoms with van der Waals surface area (Å²) in [5.74, 6) is -0.536. The Balaban J connectivity index is 1.67. The number of hydrogen-bond donors (Lipinski definition) is 1. The number of rotatable bonds is 9. The van der Waals surface area contributed by atoms with Crippen molar-refractivity contribution in [3.8, 4) is 11.5 Å². The van der Waals surface area contributed by atoms with Crippen LogP contribution < -0.4 is 9.47 Å². The molecule has 0 saturated heterocycles. The van der Waals surface area contributed by atoms with Crippen molar-refractivity contribution < 1.29 is 28.9 Å². The molecule has 0 atom stereocenters. The molecule has 0 radical (unpaired) electrons. The highest BCUT2D eigenvalue weighted by atomic mass is 79.9. The molecular formula is C31H28BrNO6S. The van der Waals surface area contributed by atoms with Gasteiger partial charge in [-0.05, 0) is 78.2 Å². The molecule has 3 aromatic carbocycles. The molecule has 0 spiro atoms. The van der Waals surface area contributed by atoms with Crippen LogP contribution in [0.1, 0.15) is 40.9 Å². The number of aryl methyl sites for hydroxylation is 1. The lowest BCUT2D eigenvalue weighted by atomic mass is 10.1. The Morgan fingerprint density at radius 3 is 2.40 bits per heavy atom. The highest BCUT2D eigenvalue weighted by molar-refractivity contribution is 9.10. The zero-order chi connectivity index (χ0) is 28.6. The van der Waals surface area contributed by atoms with Crippen molar-refractivity contribution in [3.05, 3.63) is 110 Å². The van der Waals surface area contributed by atoms with Gasteiger partial charge in [0.05, 0.1) is 22.6 Å². The zero-order valence-electron chi connectivity index (χ0n) is 22.3. The standard InChI is InChI=1S/C31H28BrNO6S/c1-4-37-24-16-21(15-23(32)28(24)39-18-20-13-11-19(3)12-14-20)17-25-27(34)26(31(36)38-5-2)30(40-25)33-29(35)22-9-7-6-8-10-22/h6-17,34H,4-5,18H2,1-3H3/b25-17-,33-30?. The zero-order valence-corrected chi connectivity index (χ0v) is 24.7. The van der Waals surface area contributed by atoms with Crippen LogP contribution in [-0.4, -0.2) is 35.2 Å². The minimum atomic E-state index is -0.758. The molecule has 1 aliphatic heterocycles. The second-order valence-electron chi connectivity index (χ2n) is 8.68. The molecule has 3 aromatic rings. The van der Waals surface area contributed by atoms with Crippen LogP contribution in [0.5, 0.6) is 11.5 Å². The Kier molecular flexibility index (Phi) is 9.84. The average molecular weight is 623 g/mol. The number of ether oxygens (including phenoxy) is 3. The first-order valence-corrected chi connectivity index (χ1v) is 14.2. The topological polar surface area (TPSA) is 94.4 Å². The van der Waals surface area contributed by atoms with Gasteiger partial charge in [0, 0.05) is 5.56 Å². The monoisotopic (exact) mass is 621 g/mol. The Morgan fingerprint density at radius 2 is 1.73 bits per heavy atom. The molecule has 9 heteroatoms. The van der Waals surface area contributed by atoms with E-state index in [9.17, 15) is 14.7 Å². The summed E-state index contributed by atoms with van der Waals surface area (Å²) in [6, 6.07) is 20.2. The van der Waals surface area contributed by atoms with Crippen LogP contribution in [0, 0.1) is 6.92 Å². The first kappa shape index (κ1) is 29.2. The van der Waals surface area contributed by atoms with E-state index in [2.05, 4.69) is 20.9 Å². The summed E-state index contributed by atoms with van der Waals surface area (Å²) in [6.45, 7) is 6.45. The molecule has 0 saturated carbocycles. The molecule has 1 heterocycles. The maximum absolute atomic E-state index is 12.8. The van der Waals surface area contributed by atoms with Crippen LogP contribution in [0.15, 0.2) is 92.4 Å². The predicted molar refractivity (Wildman–Crippen MR) is 161 cm³/mol. The predicted octanol–water partition coefficient (Wildman–Crippen LogP) is 7.44. The fourth-order valence-corrected chi connectivity index (χ4v) is 5.38. The Bertz CT molecular complexity index is 1500. The van der Waals surface area contributed by atoms with E-state index in [0.29, 0.717) is 45.2 Å². The number of halogens is 1. The molecular weight excluding hydrogens is 594 g/mol. The third-order valence-corrected chi connectivity index (χ3v) is 7.34. The third-order valence-electron chi connectivity index (χ3n) is 5.73. The minimum absolute atomic E-state index is 0.0678. The van der Waals surface area contributed by atoms with Gasteiger partial charge in [0.25, 0.3) is 5.91 Å². The van der Waals surface area contributed by atoms with Gasteiger partial charge in [0.15, 0.2) is 11.5 Å². The largest absolute Gasteiger partial charge is 0.506 e. The smallest absolute Gasteiger partial charge is 0.344 e. The van der Waals surface area contributed by atoms with Crippen LogP contribution in [0.4, 0.5) is 0 Å². The molecule has 0 fully saturated rings. The number of aliphatic hydroxyl groups is 1. The molecule has 40 heavy (non-hydrogen) atoms. The molecule has 1 amide bonds. The van der Waals surface area contributed by atoms with E-state index in [-0.39, 0.29) is 23.0 Å². The van der Waals surface area contributed by atoms with E-state index in [1.54, 1.807) is 49.4 Å². The molecule has 0 bridgehead atoms. The maximum atomic E-state index is 12.8. The molecule has 0 aliphatic carbocycles. The van der Waals surface area contributed by atoms with E-state index >= 15 is 0 Å². The van der Waals surface area contributed by atoms with E-state index in [0.717, 1.165) is 17.3 Å². The van der Waals surface area contributed by atoms with E-state index in [4.69, 9.17) is 14.2 Å². The fourth-order valence-electron chi connectivity index (χ4n) is 3.79. The van der Waals surface area contributed by atoms with Gasteiger partial charge in [-0.1, -0.05) is 59.8 Å². The summed E-state index contributed by atoms with van der Waals surface area (Å²) < 4.78 is 17.7. The summed E-state index contributed by atoms with van der Waals surface area (Å²) >= 11 is 4.60. The number of thioether (sulfide) groups is 1. The summed E-state index contributed by atoms with van der Waals surface area (Å²) in [6.07, 6.45) is 1.69. The third kappa shape index (κ3) is 7.03. The Morgan fingerprint density at radius 1 is 1.00 bits per heavy atom. The highest BCUT2D eigenvalue weighted by Gasteiger charge is 2.34. The summed E-state index contributed by atoms with van der Waals surface area (Å²) in [5.41, 5.74) is 3.08. The quantitative estimate of drug-likeness (QED) is 0.248. The number of hydrogen-bond acceptors (Lipinski definition) is 7. The van der Waals surface area contributed by atoms with Crippen LogP contribution in [0.25, 0.3) is 6.08 Å². The van der Waals surface area contributed by atoms with Crippen LogP contribution in [-0.2, 0) is 16.1 Å². The van der Waals surface area contributed by atoms with Crippen molar-refractivity contribution in [1.82, 2.24) is 0 Å². The van der Waals surface area contributed by atoms with Crippen molar-refractivity contribution >= 4 is 50.7 Å². The maximum Gasteiger partial charge on any atom is 0.344 e. The van der Waals surface area contributed by atoms with Crippen LogP contribution >= 0.6 is 27.7 Å². The molecule has 7 nitrogen and oxygen atoms in total. The van der Waals surface area contributed by atoms with Gasteiger partial charge in [-0.3, -0.25) is 4.79 Å². The normalized spacial score (nSPS) is 15.0. The second-order valence-corrected chi connectivity index (χ2v) is 10.6. The molecule has 4 rings (SSSR count). The number of aliphatic imine (C=N–C) groups is 1. The second kappa shape index (κ2) is 13.5. The van der Waals surface area contributed by atoms with E-state index in [1.165, 1.54) is 5.56 Å². The molecule has 0 unspecified atom stereocenters. The number of benzene rings is 3. The van der Waals surface area contributed by atoms with Crippen molar-refractivity contribution in [2.45, 2.75) is 27.4 Å². The van der Waals surface area contributed by atoms with Gasteiger partial charge in [-0.15, -0.1) is 0 Å². The lowest BCUT2D eigenvalue weighted by molar-refractivity contribution is -0.138. The Labute approximate surface area is 245 Å². The van der Waals surface area contributed by atoms with Crippen LogP contribution in [0.2, 0.25) is 0 Å². The first-order chi connectivity index (χ1) is 19.3. The van der Waals surface area contributed by atoms with Gasteiger partial charge in [0.2, 0.25) is 0 Å². The molecule has 206 valence electrons. The first-order valence-electron chi connectivity index (χ1n) is 12.6. The van der Waals surface area contributed by atoms with Gasteiger partial charge in [-0.25, -0.2) is 9.79 Å². The van der Waals surface area contributed by atoms with Gasteiger partial charge in [0.1, 0.15) is 23.0 Å². The van der Waals surface area contributed by atoms with Gasteiger partial charge >= 0.3 is 5.97 Å². The minimum Gasteiger partial charge on any atom is -0.506 e. The van der Waals surface area contributed by atoms with E-state index < -0.39 is 11.9 Å². The van der Waals surface area contributed by atoms with Crippen LogP contribution in [0.3, 0.4) is 0 Å². The lowest BCUT2D eigenvalue weighted by Gasteiger charge is -2.15. The average Bonchev–Trinajstić information content (AvgIpc) is 3.24. The SMILES string of the molecule is CCOC(=O)C1=C(O)/C(=C/c2cc(Br)c(OCc3ccc(C)cc3)c(OCC)c2)SC1=NC(=O)c1ccccc1. The van der Waals surface area contributed by atoms with Crippen molar-refractivity contribution in [2.75, 3.05) is 13.2 Å². The van der Waals surface area contributed by atoms with Gasteiger partial charge < -0.3 is 19.3 Å². The van der Waals surface area contributed by atoms with Crippen molar-refractivity contribution in [3.63, 3.8) is 0 Å². The molecule has 0 aromatic heterocycles. The highest BCUT2D eigenvalue weighted by Crippen LogP contribution is 2.42. The number of amides is 1. The lowest BCUT2D eigenvalue weighted by Crippen LogP contribution is -2.14. The summed E-state index contributed by atoms with van der Waals surface area (Å²) in [5, 5.41) is 11.1. The number of esters is 1. The Hall–Kier alpha value is -3.82. The molecule has 1 N–H and O–H groups in total. The van der Waals surface area contributed by atoms with Gasteiger partial charge in [-0.2, -0.15) is 0 Å². The number of carbonyl (C=O) groups is 2. The number of carbonyl (C=O) groups excluding carboxylic acids is 2. The summed E-state index contributed by atoms with van der Waals surface area (Å²) in [7, 11) is 0. The van der Waals surface area contributed by atoms with Crippen molar-refractivity contribution in [2.24, 2.45) is 4.99 Å². The van der Waals surface area contributed by atoms with Crippen molar-refractivity contribution in [1.29, 1.82) is 0 Å². The van der Waals surface area contributed by atoms with E-state index in [1.807, 2.05) is 44.2 Å². The summed E-state index contributed by atoms with van der Waals surface area (Å²) in [4.78, 5) is 30.0.